The number of anilines is 1. The summed E-state index contributed by atoms with van der Waals surface area (Å²) < 4.78 is 39.3. The molecule has 158 valence electrons. The number of rotatable bonds is 4. The minimum absolute atomic E-state index is 0.00970. The zero-order valence-corrected chi connectivity index (χ0v) is 19.1. The van der Waals surface area contributed by atoms with Crippen molar-refractivity contribution in [2.45, 2.75) is 36.8 Å². The van der Waals surface area contributed by atoms with Crippen LogP contribution in [0, 0.1) is 19.7 Å². The first-order chi connectivity index (χ1) is 14.3. The molecule has 3 aromatic rings. The van der Waals surface area contributed by atoms with Gasteiger partial charge in [0, 0.05) is 24.0 Å². The Hall–Kier alpha value is -1.96. The number of benzene rings is 2. The van der Waals surface area contributed by atoms with Crippen molar-refractivity contribution in [2.75, 3.05) is 18.0 Å². The van der Waals surface area contributed by atoms with Crippen molar-refractivity contribution in [1.82, 2.24) is 4.98 Å². The third kappa shape index (κ3) is 4.11. The van der Waals surface area contributed by atoms with E-state index < -0.39 is 20.9 Å². The second-order valence-corrected chi connectivity index (χ2v) is 11.1. The van der Waals surface area contributed by atoms with Gasteiger partial charge in [-0.2, -0.15) is 0 Å². The first-order valence-corrected chi connectivity index (χ1v) is 12.5. The van der Waals surface area contributed by atoms with E-state index >= 15 is 0 Å². The van der Waals surface area contributed by atoms with Crippen LogP contribution in [0.1, 0.15) is 24.0 Å². The molecule has 1 fully saturated rings. The molecule has 0 atom stereocenters. The van der Waals surface area contributed by atoms with Gasteiger partial charge in [0.05, 0.1) is 20.9 Å². The maximum Gasteiger partial charge on any atom is 0.185 e. The Balaban J connectivity index is 1.49. The standard InChI is InChI=1S/C22H22ClFN2O2S2/c1-14-3-4-15(2)18(11-14)20-13-29-22(25-20)26-9-7-17(8-10-26)30(27,28)21-6-5-16(24)12-19(21)23/h3-6,11-13,17H,7-10H2,1-2H3. The molecule has 4 nitrogen and oxygen atoms in total. The number of sulfone groups is 1. The second kappa shape index (κ2) is 8.29. The number of piperidine rings is 1. The van der Waals surface area contributed by atoms with E-state index in [4.69, 9.17) is 16.6 Å². The summed E-state index contributed by atoms with van der Waals surface area (Å²) in [6.45, 7) is 5.34. The number of thiazole rings is 1. The maximum absolute atomic E-state index is 13.3. The number of hydrogen-bond acceptors (Lipinski definition) is 5. The molecule has 0 saturated carbocycles. The Morgan fingerprint density at radius 2 is 1.87 bits per heavy atom. The Labute approximate surface area is 185 Å². The number of nitrogens with zero attached hydrogens (tertiary/aromatic N) is 2. The molecule has 1 aliphatic heterocycles. The summed E-state index contributed by atoms with van der Waals surface area (Å²) in [5, 5.41) is 2.37. The maximum atomic E-state index is 13.3. The van der Waals surface area contributed by atoms with Crippen molar-refractivity contribution in [3.05, 3.63) is 63.7 Å². The zero-order valence-electron chi connectivity index (χ0n) is 16.7. The minimum Gasteiger partial charge on any atom is -0.348 e. The van der Waals surface area contributed by atoms with Crippen molar-refractivity contribution in [2.24, 2.45) is 0 Å². The fraction of sp³-hybridized carbons (Fsp3) is 0.318. The van der Waals surface area contributed by atoms with E-state index in [1.165, 1.54) is 17.2 Å². The van der Waals surface area contributed by atoms with Gasteiger partial charge in [-0.3, -0.25) is 0 Å². The number of halogens is 2. The molecule has 30 heavy (non-hydrogen) atoms. The van der Waals surface area contributed by atoms with Crippen LogP contribution in [0.25, 0.3) is 11.3 Å². The molecule has 1 aliphatic rings. The Morgan fingerprint density at radius 3 is 2.57 bits per heavy atom. The average molecular weight is 465 g/mol. The highest BCUT2D eigenvalue weighted by Crippen LogP contribution is 2.34. The lowest BCUT2D eigenvalue weighted by Gasteiger charge is -2.31. The van der Waals surface area contributed by atoms with E-state index in [0.29, 0.717) is 25.9 Å². The molecule has 0 unspecified atom stereocenters. The first kappa shape index (κ1) is 21.3. The molecule has 1 aromatic heterocycles. The molecular formula is C22H22ClFN2O2S2. The van der Waals surface area contributed by atoms with Crippen molar-refractivity contribution in [3.63, 3.8) is 0 Å². The van der Waals surface area contributed by atoms with E-state index in [0.717, 1.165) is 28.5 Å². The Morgan fingerprint density at radius 1 is 1.13 bits per heavy atom. The highest BCUT2D eigenvalue weighted by Gasteiger charge is 2.33. The Bertz CT molecular complexity index is 1190. The van der Waals surface area contributed by atoms with Gasteiger partial charge in [0.1, 0.15) is 5.82 Å². The van der Waals surface area contributed by atoms with Crippen LogP contribution in [-0.4, -0.2) is 31.7 Å². The normalized spacial score (nSPS) is 15.5. The summed E-state index contributed by atoms with van der Waals surface area (Å²) in [5.41, 5.74) is 4.44. The molecule has 0 N–H and O–H groups in total. The van der Waals surface area contributed by atoms with Crippen molar-refractivity contribution in [1.29, 1.82) is 0 Å². The van der Waals surface area contributed by atoms with E-state index in [1.807, 2.05) is 0 Å². The molecule has 0 radical (unpaired) electrons. The molecule has 0 amide bonds. The van der Waals surface area contributed by atoms with Crippen LogP contribution in [-0.2, 0) is 9.84 Å². The number of aromatic nitrogens is 1. The van der Waals surface area contributed by atoms with E-state index in [1.54, 1.807) is 11.3 Å². The molecule has 0 aliphatic carbocycles. The van der Waals surface area contributed by atoms with Gasteiger partial charge < -0.3 is 4.90 Å². The topological polar surface area (TPSA) is 50.3 Å². The predicted molar refractivity (Wildman–Crippen MR) is 121 cm³/mol. The lowest BCUT2D eigenvalue weighted by atomic mass is 10.0. The molecule has 0 bridgehead atoms. The largest absolute Gasteiger partial charge is 0.348 e. The van der Waals surface area contributed by atoms with Crippen molar-refractivity contribution >= 4 is 37.9 Å². The summed E-state index contributed by atoms with van der Waals surface area (Å²) >= 11 is 7.58. The first-order valence-electron chi connectivity index (χ1n) is 9.73. The molecular weight excluding hydrogens is 443 g/mol. The third-order valence-corrected chi connectivity index (χ3v) is 9.16. The highest BCUT2D eigenvalue weighted by molar-refractivity contribution is 7.92. The molecule has 1 saturated heterocycles. The van der Waals surface area contributed by atoms with Crippen LogP contribution in [0.2, 0.25) is 5.02 Å². The molecule has 0 spiro atoms. The SMILES string of the molecule is Cc1ccc(C)c(-c2csc(N3CCC(S(=O)(=O)c4ccc(F)cc4Cl)CC3)n2)c1. The molecule has 2 aromatic carbocycles. The van der Waals surface area contributed by atoms with Crippen LogP contribution >= 0.6 is 22.9 Å². The van der Waals surface area contributed by atoms with Gasteiger partial charge in [0.15, 0.2) is 15.0 Å². The van der Waals surface area contributed by atoms with E-state index in [2.05, 4.69) is 42.3 Å². The molecule has 4 rings (SSSR count). The van der Waals surface area contributed by atoms with Crippen LogP contribution in [0.3, 0.4) is 0 Å². The summed E-state index contributed by atoms with van der Waals surface area (Å²) in [7, 11) is -3.61. The van der Waals surface area contributed by atoms with E-state index in [-0.39, 0.29) is 9.92 Å². The van der Waals surface area contributed by atoms with Crippen LogP contribution in [0.4, 0.5) is 9.52 Å². The lowest BCUT2D eigenvalue weighted by Crippen LogP contribution is -2.39. The average Bonchev–Trinajstić information content (AvgIpc) is 3.19. The third-order valence-electron chi connectivity index (χ3n) is 5.51. The lowest BCUT2D eigenvalue weighted by molar-refractivity contribution is 0.529. The van der Waals surface area contributed by atoms with Gasteiger partial charge in [0.25, 0.3) is 0 Å². The monoisotopic (exact) mass is 464 g/mol. The van der Waals surface area contributed by atoms with Crippen molar-refractivity contribution in [3.8, 4) is 11.3 Å². The van der Waals surface area contributed by atoms with E-state index in [9.17, 15) is 12.8 Å². The summed E-state index contributed by atoms with van der Waals surface area (Å²) in [6, 6.07) is 9.77. The smallest absolute Gasteiger partial charge is 0.185 e. The van der Waals surface area contributed by atoms with Crippen LogP contribution < -0.4 is 4.90 Å². The van der Waals surface area contributed by atoms with Gasteiger partial charge in [-0.15, -0.1) is 11.3 Å². The van der Waals surface area contributed by atoms with Crippen molar-refractivity contribution < 1.29 is 12.8 Å². The van der Waals surface area contributed by atoms with Gasteiger partial charge in [0.2, 0.25) is 0 Å². The highest BCUT2D eigenvalue weighted by atomic mass is 35.5. The Kier molecular flexibility index (Phi) is 5.88. The summed E-state index contributed by atoms with van der Waals surface area (Å²) in [5.74, 6) is -0.544. The van der Waals surface area contributed by atoms with Gasteiger partial charge in [-0.25, -0.2) is 17.8 Å². The van der Waals surface area contributed by atoms with Gasteiger partial charge >= 0.3 is 0 Å². The number of hydrogen-bond donors (Lipinski definition) is 0. The van der Waals surface area contributed by atoms with Crippen LogP contribution in [0.5, 0.6) is 0 Å². The fourth-order valence-electron chi connectivity index (χ4n) is 3.79. The molecule has 2 heterocycles. The fourth-order valence-corrected chi connectivity index (χ4v) is 6.94. The summed E-state index contributed by atoms with van der Waals surface area (Å²) in [6.07, 6.45) is 0.961. The summed E-state index contributed by atoms with van der Waals surface area (Å²) in [4.78, 5) is 6.95. The minimum atomic E-state index is -3.61. The zero-order chi connectivity index (χ0) is 21.5. The number of aryl methyl sites for hydroxylation is 2. The van der Waals surface area contributed by atoms with Gasteiger partial charge in [-0.1, -0.05) is 29.3 Å². The van der Waals surface area contributed by atoms with Gasteiger partial charge in [-0.05, 0) is 56.5 Å². The predicted octanol–water partition coefficient (Wildman–Crippen LogP) is 5.66. The van der Waals surface area contributed by atoms with Crippen LogP contribution in [0.15, 0.2) is 46.7 Å². The second-order valence-electron chi connectivity index (χ2n) is 7.64. The quantitative estimate of drug-likeness (QED) is 0.467. The molecule has 8 heteroatoms.